The van der Waals surface area contributed by atoms with Gasteiger partial charge in [0.15, 0.2) is 0 Å². The zero-order chi connectivity index (χ0) is 20.4. The number of halogens is 2. The van der Waals surface area contributed by atoms with Gasteiger partial charge in [-0.2, -0.15) is 0 Å². The number of ether oxygens (including phenoxy) is 1. The zero-order valence-corrected chi connectivity index (χ0v) is 18.4. The van der Waals surface area contributed by atoms with Crippen LogP contribution in [0.2, 0.25) is 5.02 Å². The highest BCUT2D eigenvalue weighted by Crippen LogP contribution is 2.42. The molecule has 1 fully saturated rings. The number of nitrogens with one attached hydrogen (secondary N) is 1. The third kappa shape index (κ3) is 4.55. The molecule has 3 heterocycles. The number of aromatic nitrogens is 1. The highest BCUT2D eigenvalue weighted by Gasteiger charge is 2.41. The lowest BCUT2D eigenvalue weighted by Crippen LogP contribution is -2.51. The van der Waals surface area contributed by atoms with Gasteiger partial charge in [0, 0.05) is 44.7 Å². The van der Waals surface area contributed by atoms with Crippen molar-refractivity contribution in [3.05, 3.63) is 58.4 Å². The van der Waals surface area contributed by atoms with Crippen molar-refractivity contribution in [2.75, 3.05) is 20.1 Å². The molecule has 0 bridgehead atoms. The zero-order valence-electron chi connectivity index (χ0n) is 16.8. The van der Waals surface area contributed by atoms with Crippen LogP contribution in [0.3, 0.4) is 0 Å². The molecule has 0 saturated carbocycles. The van der Waals surface area contributed by atoms with E-state index in [4.69, 9.17) is 16.3 Å². The summed E-state index contributed by atoms with van der Waals surface area (Å²) >= 11 is 6.33. The van der Waals surface area contributed by atoms with Crippen molar-refractivity contribution in [3.8, 4) is 5.75 Å². The summed E-state index contributed by atoms with van der Waals surface area (Å²) < 4.78 is 6.37. The fourth-order valence-corrected chi connectivity index (χ4v) is 4.37. The molecule has 1 spiro atoms. The molecular weight excluding hydrogens is 425 g/mol. The number of carbonyl (C=O) groups is 2. The first-order valence-corrected chi connectivity index (χ1v) is 10.3. The molecule has 2 amide bonds. The van der Waals surface area contributed by atoms with E-state index in [2.05, 4.69) is 16.4 Å². The first-order chi connectivity index (χ1) is 14.0. The third-order valence-corrected chi connectivity index (χ3v) is 6.18. The van der Waals surface area contributed by atoms with Crippen LogP contribution in [-0.2, 0) is 17.6 Å². The van der Waals surface area contributed by atoms with Gasteiger partial charge in [-0.1, -0.05) is 23.7 Å². The Kier molecular flexibility index (Phi) is 6.88. The number of pyridine rings is 1. The number of fused-ring (bicyclic) bond motifs is 1. The van der Waals surface area contributed by atoms with Crippen molar-refractivity contribution in [3.63, 3.8) is 0 Å². The standard InChI is InChI=1S/C22H24ClN3O3.ClH/c1-24-21(28)16-6-10-25-17(13-16)14-19(27)26-11-8-22(9-12-26)7-5-15-3-2-4-18(23)20(15)29-22;/h2-4,6,10,13H,5,7-9,11-12,14H2,1H3,(H,24,28);1H. The molecule has 1 aromatic heterocycles. The van der Waals surface area contributed by atoms with Gasteiger partial charge < -0.3 is 15.0 Å². The van der Waals surface area contributed by atoms with Gasteiger partial charge in [0.1, 0.15) is 11.4 Å². The van der Waals surface area contributed by atoms with Crippen LogP contribution in [0.15, 0.2) is 36.5 Å². The predicted molar refractivity (Wildman–Crippen MR) is 118 cm³/mol. The number of piperidine rings is 1. The topological polar surface area (TPSA) is 71.5 Å². The first kappa shape index (κ1) is 22.4. The average molecular weight is 450 g/mol. The molecule has 160 valence electrons. The summed E-state index contributed by atoms with van der Waals surface area (Å²) in [4.78, 5) is 30.7. The van der Waals surface area contributed by atoms with Crippen LogP contribution < -0.4 is 10.1 Å². The number of nitrogens with zero attached hydrogens (tertiary/aromatic N) is 2. The number of amides is 2. The number of likely N-dealkylation sites (tertiary alicyclic amines) is 1. The number of hydrogen-bond donors (Lipinski definition) is 1. The van der Waals surface area contributed by atoms with E-state index < -0.39 is 0 Å². The summed E-state index contributed by atoms with van der Waals surface area (Å²) in [5, 5.41) is 3.24. The molecule has 0 radical (unpaired) electrons. The number of para-hydroxylation sites is 1. The Labute approximate surface area is 187 Å². The van der Waals surface area contributed by atoms with Gasteiger partial charge in [0.2, 0.25) is 5.91 Å². The van der Waals surface area contributed by atoms with E-state index in [1.54, 1.807) is 25.4 Å². The van der Waals surface area contributed by atoms with E-state index in [0.29, 0.717) is 29.4 Å². The minimum absolute atomic E-state index is 0. The molecule has 6 nitrogen and oxygen atoms in total. The maximum atomic E-state index is 12.8. The van der Waals surface area contributed by atoms with Gasteiger partial charge in [-0.3, -0.25) is 14.6 Å². The van der Waals surface area contributed by atoms with Gasteiger partial charge in [-0.25, -0.2) is 0 Å². The maximum absolute atomic E-state index is 12.8. The molecule has 8 heteroatoms. The maximum Gasteiger partial charge on any atom is 0.251 e. The van der Waals surface area contributed by atoms with E-state index in [0.717, 1.165) is 37.0 Å². The van der Waals surface area contributed by atoms with Gasteiger partial charge in [-0.15, -0.1) is 12.4 Å². The minimum atomic E-state index is -0.244. The predicted octanol–water partition coefficient (Wildman–Crippen LogP) is 3.45. The fourth-order valence-electron chi connectivity index (χ4n) is 4.14. The molecule has 0 unspecified atom stereocenters. The summed E-state index contributed by atoms with van der Waals surface area (Å²) in [5.74, 6) is 0.639. The molecule has 1 saturated heterocycles. The van der Waals surface area contributed by atoms with Crippen molar-refractivity contribution >= 4 is 35.8 Å². The molecule has 2 aliphatic rings. The van der Waals surface area contributed by atoms with Crippen molar-refractivity contribution in [1.82, 2.24) is 15.2 Å². The number of rotatable bonds is 3. The highest BCUT2D eigenvalue weighted by atomic mass is 35.5. The van der Waals surface area contributed by atoms with Crippen LogP contribution in [-0.4, -0.2) is 47.4 Å². The lowest BCUT2D eigenvalue weighted by Gasteiger charge is -2.44. The lowest BCUT2D eigenvalue weighted by molar-refractivity contribution is -0.134. The Balaban J connectivity index is 0.00000256. The SMILES string of the molecule is CNC(=O)c1ccnc(CC(=O)N2CCC3(CCc4cccc(Cl)c4O3)CC2)c1.Cl. The van der Waals surface area contributed by atoms with E-state index in [9.17, 15) is 9.59 Å². The number of carbonyl (C=O) groups excluding carboxylic acids is 2. The highest BCUT2D eigenvalue weighted by molar-refractivity contribution is 6.32. The minimum Gasteiger partial charge on any atom is -0.485 e. The van der Waals surface area contributed by atoms with Crippen molar-refractivity contribution in [2.45, 2.75) is 37.7 Å². The lowest BCUT2D eigenvalue weighted by atomic mass is 9.83. The molecule has 0 atom stereocenters. The Morgan fingerprint density at radius 1 is 1.23 bits per heavy atom. The molecular formula is C22H25Cl2N3O3. The van der Waals surface area contributed by atoms with Crippen molar-refractivity contribution < 1.29 is 14.3 Å². The molecule has 2 aromatic rings. The number of benzene rings is 1. The van der Waals surface area contributed by atoms with E-state index in [-0.39, 0.29) is 36.2 Å². The second-order valence-corrected chi connectivity index (χ2v) is 8.09. The molecule has 30 heavy (non-hydrogen) atoms. The Bertz CT molecular complexity index is 943. The second kappa shape index (κ2) is 9.23. The molecule has 1 aromatic carbocycles. The Hall–Kier alpha value is -2.31. The molecule has 2 aliphatic heterocycles. The fraction of sp³-hybridized carbons (Fsp3) is 0.409. The smallest absolute Gasteiger partial charge is 0.251 e. The molecule has 1 N–H and O–H groups in total. The van der Waals surface area contributed by atoms with Gasteiger partial charge >= 0.3 is 0 Å². The largest absolute Gasteiger partial charge is 0.485 e. The van der Waals surface area contributed by atoms with E-state index >= 15 is 0 Å². The van der Waals surface area contributed by atoms with Crippen molar-refractivity contribution in [2.24, 2.45) is 0 Å². The summed E-state index contributed by atoms with van der Waals surface area (Å²) in [6.45, 7) is 1.29. The van der Waals surface area contributed by atoms with E-state index in [1.165, 1.54) is 0 Å². The van der Waals surface area contributed by atoms with Gasteiger partial charge in [0.05, 0.1) is 17.1 Å². The van der Waals surface area contributed by atoms with Gasteiger partial charge in [0.25, 0.3) is 5.91 Å². The summed E-state index contributed by atoms with van der Waals surface area (Å²) in [7, 11) is 1.58. The van der Waals surface area contributed by atoms with Crippen LogP contribution >= 0.6 is 24.0 Å². The summed E-state index contributed by atoms with van der Waals surface area (Å²) in [6.07, 6.45) is 5.21. The van der Waals surface area contributed by atoms with Crippen LogP contribution in [0.25, 0.3) is 0 Å². The third-order valence-electron chi connectivity index (χ3n) is 5.88. The molecule has 4 rings (SSSR count). The summed E-state index contributed by atoms with van der Waals surface area (Å²) in [6, 6.07) is 9.19. The van der Waals surface area contributed by atoms with Crippen LogP contribution in [0.4, 0.5) is 0 Å². The summed E-state index contributed by atoms with van der Waals surface area (Å²) in [5.41, 5.74) is 2.02. The van der Waals surface area contributed by atoms with Crippen molar-refractivity contribution in [1.29, 1.82) is 0 Å². The van der Waals surface area contributed by atoms with Crippen LogP contribution in [0.5, 0.6) is 5.75 Å². The Morgan fingerprint density at radius 3 is 2.73 bits per heavy atom. The quantitative estimate of drug-likeness (QED) is 0.778. The number of hydrogen-bond acceptors (Lipinski definition) is 4. The Morgan fingerprint density at radius 2 is 2.00 bits per heavy atom. The van der Waals surface area contributed by atoms with Crippen LogP contribution in [0.1, 0.15) is 40.9 Å². The van der Waals surface area contributed by atoms with Crippen LogP contribution in [0, 0.1) is 0 Å². The normalized spacial score (nSPS) is 16.8. The molecule has 0 aliphatic carbocycles. The second-order valence-electron chi connectivity index (χ2n) is 7.69. The first-order valence-electron chi connectivity index (χ1n) is 9.91. The monoisotopic (exact) mass is 449 g/mol. The average Bonchev–Trinajstić information content (AvgIpc) is 2.74. The number of aryl methyl sites for hydroxylation is 1. The van der Waals surface area contributed by atoms with E-state index in [1.807, 2.05) is 17.0 Å². The van der Waals surface area contributed by atoms with Gasteiger partial charge in [-0.05, 0) is 36.6 Å².